The zero-order chi connectivity index (χ0) is 42.2. The molecule has 64 heavy (non-hydrogen) atoms. The first-order valence-corrected chi connectivity index (χ1v) is 22.2. The lowest BCUT2D eigenvalue weighted by Gasteiger charge is -2.32. The molecule has 0 amide bonds. The van der Waals surface area contributed by atoms with Gasteiger partial charge in [-0.05, 0) is 142 Å². The Balaban J connectivity index is 0.971. The third-order valence-electron chi connectivity index (χ3n) is 13.9. The van der Waals surface area contributed by atoms with Crippen LogP contribution in [0, 0.1) is 0 Å². The van der Waals surface area contributed by atoms with Crippen molar-refractivity contribution in [3.63, 3.8) is 0 Å². The van der Waals surface area contributed by atoms with Gasteiger partial charge in [-0.25, -0.2) is 0 Å². The standard InChI is InChI=1S/C63H41N/c1-3-15-46-40-50(29-27-42(46)13-1)45-33-37-53(38-34-45)64(52-35-31-44(32-36-52)48-17-11-18-49(39-48)51-30-28-43-14-2-4-16-47(43)41-51)61-26-12-25-60-62(61)56-21-7-10-24-59(56)63(60)57-22-8-5-19-54(57)55-20-6-9-23-58(55)63/h1-41H. The molecule has 13 rings (SSSR count). The minimum Gasteiger partial charge on any atom is -0.310 e. The summed E-state index contributed by atoms with van der Waals surface area (Å²) in [6, 6.07) is 92.1. The smallest absolute Gasteiger partial charge is 0.0726 e. The van der Waals surface area contributed by atoms with Crippen molar-refractivity contribution in [1.29, 1.82) is 0 Å². The van der Waals surface area contributed by atoms with Gasteiger partial charge >= 0.3 is 0 Å². The van der Waals surface area contributed by atoms with Gasteiger partial charge in [0.25, 0.3) is 0 Å². The van der Waals surface area contributed by atoms with E-state index in [1.807, 2.05) is 0 Å². The van der Waals surface area contributed by atoms with Gasteiger partial charge in [0.2, 0.25) is 0 Å². The number of benzene rings is 11. The normalized spacial score (nSPS) is 12.8. The van der Waals surface area contributed by atoms with Gasteiger partial charge in [-0.15, -0.1) is 0 Å². The van der Waals surface area contributed by atoms with E-state index in [0.29, 0.717) is 0 Å². The van der Waals surface area contributed by atoms with Gasteiger partial charge in [-0.1, -0.05) is 200 Å². The van der Waals surface area contributed by atoms with Crippen molar-refractivity contribution in [1.82, 2.24) is 0 Å². The third kappa shape index (κ3) is 5.51. The highest BCUT2D eigenvalue weighted by atomic mass is 15.1. The molecule has 0 unspecified atom stereocenters. The molecule has 1 nitrogen and oxygen atoms in total. The quantitative estimate of drug-likeness (QED) is 0.162. The van der Waals surface area contributed by atoms with Crippen LogP contribution in [0.3, 0.4) is 0 Å². The Hall–Kier alpha value is -8.26. The van der Waals surface area contributed by atoms with Crippen molar-refractivity contribution in [2.45, 2.75) is 5.41 Å². The fourth-order valence-corrected chi connectivity index (χ4v) is 11.0. The summed E-state index contributed by atoms with van der Waals surface area (Å²) < 4.78 is 0. The molecule has 0 saturated carbocycles. The first-order chi connectivity index (χ1) is 31.7. The summed E-state index contributed by atoms with van der Waals surface area (Å²) in [5.41, 5.74) is 20.7. The second-order valence-corrected chi connectivity index (χ2v) is 17.2. The zero-order valence-corrected chi connectivity index (χ0v) is 35.1. The van der Waals surface area contributed by atoms with E-state index in [2.05, 4.69) is 254 Å². The van der Waals surface area contributed by atoms with Crippen LogP contribution in [0.15, 0.2) is 249 Å². The van der Waals surface area contributed by atoms with E-state index >= 15 is 0 Å². The van der Waals surface area contributed by atoms with E-state index in [4.69, 9.17) is 0 Å². The first-order valence-electron chi connectivity index (χ1n) is 22.2. The van der Waals surface area contributed by atoms with E-state index in [1.54, 1.807) is 0 Å². The number of hydrogen-bond acceptors (Lipinski definition) is 1. The fourth-order valence-electron chi connectivity index (χ4n) is 11.0. The summed E-state index contributed by atoms with van der Waals surface area (Å²) in [4.78, 5) is 2.47. The third-order valence-corrected chi connectivity index (χ3v) is 13.9. The van der Waals surface area contributed by atoms with Gasteiger partial charge in [-0.3, -0.25) is 0 Å². The Kier molecular flexibility index (Phi) is 8.20. The highest BCUT2D eigenvalue weighted by molar-refractivity contribution is 6.01. The van der Waals surface area contributed by atoms with E-state index < -0.39 is 5.41 Å². The topological polar surface area (TPSA) is 3.24 Å². The van der Waals surface area contributed by atoms with Gasteiger partial charge in [0, 0.05) is 16.9 Å². The maximum absolute atomic E-state index is 2.47. The Morgan fingerprint density at radius 2 is 0.641 bits per heavy atom. The molecule has 2 aliphatic rings. The minimum absolute atomic E-state index is 0.430. The summed E-state index contributed by atoms with van der Waals surface area (Å²) in [7, 11) is 0. The fraction of sp³-hybridized carbons (Fsp3) is 0.0159. The molecule has 1 spiro atoms. The number of anilines is 3. The molecule has 0 atom stereocenters. The highest BCUT2D eigenvalue weighted by Crippen LogP contribution is 2.64. The van der Waals surface area contributed by atoms with Crippen LogP contribution in [-0.2, 0) is 5.41 Å². The van der Waals surface area contributed by atoms with E-state index in [-0.39, 0.29) is 0 Å². The predicted molar refractivity (Wildman–Crippen MR) is 269 cm³/mol. The van der Waals surface area contributed by atoms with Crippen molar-refractivity contribution >= 4 is 38.6 Å². The van der Waals surface area contributed by atoms with Gasteiger partial charge in [-0.2, -0.15) is 0 Å². The molecule has 0 fully saturated rings. The molecule has 0 saturated heterocycles. The SMILES string of the molecule is c1cc(-c2ccc(N(c3ccc(-c4ccc5ccccc5c4)cc3)c3cccc4c3-c3ccccc3C43c4ccccc4-c4ccccc43)cc2)cc(-c2ccc3ccccc3c2)c1. The number of nitrogens with zero attached hydrogens (tertiary/aromatic N) is 1. The molecular formula is C63H41N. The second-order valence-electron chi connectivity index (χ2n) is 17.2. The minimum atomic E-state index is -0.430. The Morgan fingerprint density at radius 3 is 1.20 bits per heavy atom. The summed E-state index contributed by atoms with van der Waals surface area (Å²) >= 11 is 0. The molecule has 0 heterocycles. The molecule has 0 N–H and O–H groups in total. The lowest BCUT2D eigenvalue weighted by atomic mass is 9.70. The molecule has 0 bridgehead atoms. The van der Waals surface area contributed by atoms with Crippen molar-refractivity contribution in [3.8, 4) is 55.6 Å². The van der Waals surface area contributed by atoms with E-state index in [0.717, 1.165) is 17.1 Å². The highest BCUT2D eigenvalue weighted by Gasteiger charge is 2.52. The number of rotatable bonds is 6. The van der Waals surface area contributed by atoms with Crippen LogP contribution in [0.2, 0.25) is 0 Å². The zero-order valence-electron chi connectivity index (χ0n) is 35.1. The van der Waals surface area contributed by atoms with Gasteiger partial charge in [0.15, 0.2) is 0 Å². The van der Waals surface area contributed by atoms with Crippen molar-refractivity contribution in [2.24, 2.45) is 0 Å². The second kappa shape index (κ2) is 14.4. The Morgan fingerprint density at radius 1 is 0.250 bits per heavy atom. The molecule has 2 aliphatic carbocycles. The van der Waals surface area contributed by atoms with Crippen LogP contribution in [-0.4, -0.2) is 0 Å². The van der Waals surface area contributed by atoms with Crippen LogP contribution < -0.4 is 4.90 Å². The number of hydrogen-bond donors (Lipinski definition) is 0. The summed E-state index contributed by atoms with van der Waals surface area (Å²) in [5.74, 6) is 0. The van der Waals surface area contributed by atoms with Crippen molar-refractivity contribution in [3.05, 3.63) is 271 Å². The van der Waals surface area contributed by atoms with Crippen molar-refractivity contribution < 1.29 is 0 Å². The molecule has 0 radical (unpaired) electrons. The molecular weight excluding hydrogens is 771 g/mol. The molecule has 0 aromatic heterocycles. The lowest BCUT2D eigenvalue weighted by molar-refractivity contribution is 0.794. The summed E-state index contributed by atoms with van der Waals surface area (Å²) in [6.45, 7) is 0. The van der Waals surface area contributed by atoms with E-state index in [9.17, 15) is 0 Å². The maximum Gasteiger partial charge on any atom is 0.0726 e. The monoisotopic (exact) mass is 811 g/mol. The van der Waals surface area contributed by atoms with Crippen molar-refractivity contribution in [2.75, 3.05) is 4.90 Å². The molecule has 0 aliphatic heterocycles. The molecule has 1 heteroatoms. The van der Waals surface area contributed by atoms with Gasteiger partial charge < -0.3 is 4.90 Å². The average molecular weight is 812 g/mol. The lowest BCUT2D eigenvalue weighted by Crippen LogP contribution is -2.26. The van der Waals surface area contributed by atoms with Crippen LogP contribution in [0.1, 0.15) is 22.3 Å². The molecule has 11 aromatic rings. The molecule has 298 valence electrons. The van der Waals surface area contributed by atoms with E-state index in [1.165, 1.54) is 99.4 Å². The predicted octanol–water partition coefficient (Wildman–Crippen LogP) is 16.8. The van der Waals surface area contributed by atoms with Crippen LogP contribution in [0.5, 0.6) is 0 Å². The Labute approximate surface area is 373 Å². The maximum atomic E-state index is 2.47. The Bertz CT molecular complexity index is 3570. The number of fused-ring (bicyclic) bond motifs is 12. The van der Waals surface area contributed by atoms with Gasteiger partial charge in [0.05, 0.1) is 11.1 Å². The van der Waals surface area contributed by atoms with Crippen LogP contribution in [0.25, 0.3) is 77.2 Å². The average Bonchev–Trinajstić information content (AvgIpc) is 3.85. The van der Waals surface area contributed by atoms with Crippen LogP contribution in [0.4, 0.5) is 17.1 Å². The summed E-state index contributed by atoms with van der Waals surface area (Å²) in [6.07, 6.45) is 0. The van der Waals surface area contributed by atoms with Gasteiger partial charge in [0.1, 0.15) is 0 Å². The largest absolute Gasteiger partial charge is 0.310 e. The summed E-state index contributed by atoms with van der Waals surface area (Å²) in [5, 5.41) is 5.01. The van der Waals surface area contributed by atoms with Crippen LogP contribution >= 0.6 is 0 Å². The molecule has 11 aromatic carbocycles. The first kappa shape index (κ1) is 36.4.